The number of nitrogens with one attached hydrogen (secondary N) is 5. The van der Waals surface area contributed by atoms with Crippen molar-refractivity contribution in [3.63, 3.8) is 0 Å². The van der Waals surface area contributed by atoms with Crippen LogP contribution in [0.5, 0.6) is 0 Å². The normalized spacial score (nSPS) is 10.8. The number of benzene rings is 2. The van der Waals surface area contributed by atoms with Gasteiger partial charge in [-0.2, -0.15) is 0 Å². The minimum atomic E-state index is -0.510. The molecule has 0 spiro atoms. The van der Waals surface area contributed by atoms with E-state index in [0.717, 1.165) is 22.3 Å². The van der Waals surface area contributed by atoms with Crippen LogP contribution in [0.4, 0.5) is 16.2 Å². The number of aromatic amines is 2. The molecule has 0 aliphatic carbocycles. The van der Waals surface area contributed by atoms with Crippen molar-refractivity contribution in [2.45, 2.75) is 6.92 Å². The summed E-state index contributed by atoms with van der Waals surface area (Å²) in [7, 11) is 0. The molecule has 1 aromatic heterocycles. The summed E-state index contributed by atoms with van der Waals surface area (Å²) in [4.78, 5) is 17.8. The standard InChI is InChI=1S/C18H19N5O2S/c1-2-25-18(24)20-13-10-14-16(22-17(26)21-14)15(11-13)23-19-9-8-12-6-4-3-5-7-12/h3-11,19,23H,2H2,1H3,(H,20,24)(H2,21,22,26)/b9-8+. The second kappa shape index (κ2) is 8.21. The highest BCUT2D eigenvalue weighted by Gasteiger charge is 2.09. The lowest BCUT2D eigenvalue weighted by Crippen LogP contribution is -2.16. The van der Waals surface area contributed by atoms with Crippen molar-refractivity contribution in [3.05, 3.63) is 59.0 Å². The second-order valence-electron chi connectivity index (χ2n) is 5.38. The zero-order valence-electron chi connectivity index (χ0n) is 14.1. The Hall–Kier alpha value is -3.26. The molecule has 3 aromatic rings. The summed E-state index contributed by atoms with van der Waals surface area (Å²) < 4.78 is 5.41. The van der Waals surface area contributed by atoms with Crippen LogP contribution in [0.2, 0.25) is 0 Å². The highest BCUT2D eigenvalue weighted by Crippen LogP contribution is 2.25. The number of ether oxygens (including phenoxy) is 1. The van der Waals surface area contributed by atoms with Gasteiger partial charge in [-0.15, -0.1) is 0 Å². The Bertz CT molecular complexity index is 978. The van der Waals surface area contributed by atoms with Crippen molar-refractivity contribution in [1.82, 2.24) is 15.4 Å². The average molecular weight is 369 g/mol. The minimum Gasteiger partial charge on any atom is -0.450 e. The van der Waals surface area contributed by atoms with Gasteiger partial charge in [0.05, 0.1) is 23.3 Å². The van der Waals surface area contributed by atoms with Crippen LogP contribution in [0.1, 0.15) is 12.5 Å². The summed E-state index contributed by atoms with van der Waals surface area (Å²) in [5.41, 5.74) is 10.0. The summed E-state index contributed by atoms with van der Waals surface area (Å²) in [6.45, 7) is 2.06. The van der Waals surface area contributed by atoms with Crippen LogP contribution in [0, 0.1) is 4.77 Å². The van der Waals surface area contributed by atoms with E-state index < -0.39 is 6.09 Å². The van der Waals surface area contributed by atoms with E-state index in [4.69, 9.17) is 17.0 Å². The third-order valence-corrected chi connectivity index (χ3v) is 3.72. The van der Waals surface area contributed by atoms with Crippen LogP contribution >= 0.6 is 12.2 Å². The molecule has 3 rings (SSSR count). The third-order valence-electron chi connectivity index (χ3n) is 3.51. The van der Waals surface area contributed by atoms with Gasteiger partial charge in [0.25, 0.3) is 0 Å². The lowest BCUT2D eigenvalue weighted by atomic mass is 10.2. The van der Waals surface area contributed by atoms with E-state index in [0.29, 0.717) is 17.1 Å². The van der Waals surface area contributed by atoms with Gasteiger partial charge in [0.2, 0.25) is 0 Å². The molecule has 0 bridgehead atoms. The van der Waals surface area contributed by atoms with Crippen LogP contribution in [0.15, 0.2) is 48.7 Å². The highest BCUT2D eigenvalue weighted by molar-refractivity contribution is 7.71. The summed E-state index contributed by atoms with van der Waals surface area (Å²) in [6.07, 6.45) is 3.21. The van der Waals surface area contributed by atoms with Gasteiger partial charge in [-0.25, -0.2) is 4.79 Å². The number of H-pyrrole nitrogens is 2. The van der Waals surface area contributed by atoms with Crippen LogP contribution in [0.3, 0.4) is 0 Å². The summed E-state index contributed by atoms with van der Waals surface area (Å²) >= 11 is 5.16. The Morgan fingerprint density at radius 3 is 2.81 bits per heavy atom. The molecule has 0 aliphatic heterocycles. The molecule has 7 nitrogen and oxygen atoms in total. The predicted octanol–water partition coefficient (Wildman–Crippen LogP) is 4.38. The third kappa shape index (κ3) is 4.42. The number of carbonyl (C=O) groups is 1. The molecule has 0 fully saturated rings. The number of hydrogen-bond acceptors (Lipinski definition) is 5. The van der Waals surface area contributed by atoms with Gasteiger partial charge in [0.1, 0.15) is 0 Å². The van der Waals surface area contributed by atoms with Crippen LogP contribution in [0.25, 0.3) is 17.1 Å². The van der Waals surface area contributed by atoms with Crippen molar-refractivity contribution in [2.24, 2.45) is 0 Å². The maximum Gasteiger partial charge on any atom is 0.411 e. The number of fused-ring (bicyclic) bond motifs is 1. The fourth-order valence-corrected chi connectivity index (χ4v) is 2.63. The highest BCUT2D eigenvalue weighted by atomic mass is 32.1. The molecule has 134 valence electrons. The molecule has 0 saturated carbocycles. The summed E-state index contributed by atoms with van der Waals surface area (Å²) in [6, 6.07) is 13.5. The summed E-state index contributed by atoms with van der Waals surface area (Å²) in [5.74, 6) is 0. The topological polar surface area (TPSA) is 94.0 Å². The maximum atomic E-state index is 11.7. The van der Waals surface area contributed by atoms with Crippen LogP contribution in [-0.2, 0) is 4.74 Å². The largest absolute Gasteiger partial charge is 0.450 e. The number of imidazole rings is 1. The molecule has 0 unspecified atom stereocenters. The molecule has 2 aromatic carbocycles. The van der Waals surface area contributed by atoms with Gasteiger partial charge in [-0.05, 0) is 42.9 Å². The molecule has 0 atom stereocenters. The van der Waals surface area contributed by atoms with Crippen molar-refractivity contribution in [3.8, 4) is 0 Å². The number of hydrazine groups is 1. The number of rotatable bonds is 6. The monoisotopic (exact) mass is 369 g/mol. The van der Waals surface area contributed by atoms with Crippen molar-refractivity contribution < 1.29 is 9.53 Å². The van der Waals surface area contributed by atoms with E-state index in [-0.39, 0.29) is 0 Å². The first-order valence-electron chi connectivity index (χ1n) is 8.08. The lowest BCUT2D eigenvalue weighted by molar-refractivity contribution is 0.168. The van der Waals surface area contributed by atoms with E-state index in [1.165, 1.54) is 0 Å². The molecular formula is C18H19N5O2S. The van der Waals surface area contributed by atoms with Gasteiger partial charge in [-0.1, -0.05) is 30.3 Å². The molecule has 26 heavy (non-hydrogen) atoms. The molecule has 5 N–H and O–H groups in total. The molecule has 0 aliphatic rings. The number of aromatic nitrogens is 2. The second-order valence-corrected chi connectivity index (χ2v) is 5.79. The minimum absolute atomic E-state index is 0.303. The van der Waals surface area contributed by atoms with Gasteiger partial charge < -0.3 is 20.1 Å². The zero-order chi connectivity index (χ0) is 18.4. The van der Waals surface area contributed by atoms with E-state index in [1.807, 2.05) is 36.4 Å². The number of carbonyl (C=O) groups excluding carboxylic acids is 1. The zero-order valence-corrected chi connectivity index (χ0v) is 14.9. The van der Waals surface area contributed by atoms with Gasteiger partial charge in [0, 0.05) is 11.9 Å². The predicted molar refractivity (Wildman–Crippen MR) is 106 cm³/mol. The molecule has 1 amide bonds. The van der Waals surface area contributed by atoms with Gasteiger partial charge in [-0.3, -0.25) is 10.7 Å². The van der Waals surface area contributed by atoms with Crippen molar-refractivity contribution >= 4 is 46.8 Å². The SMILES string of the molecule is CCOC(=O)Nc1cc(NN/C=C/c2ccccc2)c2[nH]c(=S)[nH]c2c1. The van der Waals surface area contributed by atoms with Gasteiger partial charge >= 0.3 is 6.09 Å². The average Bonchev–Trinajstić information content (AvgIpc) is 3.00. The quantitative estimate of drug-likeness (QED) is 0.328. The molecule has 0 saturated heterocycles. The van der Waals surface area contributed by atoms with Gasteiger partial charge in [0.15, 0.2) is 4.77 Å². The lowest BCUT2D eigenvalue weighted by Gasteiger charge is -2.11. The molecular weight excluding hydrogens is 350 g/mol. The van der Waals surface area contributed by atoms with E-state index in [9.17, 15) is 4.79 Å². The first-order valence-corrected chi connectivity index (χ1v) is 8.49. The Balaban J connectivity index is 1.78. The van der Waals surface area contributed by atoms with E-state index in [1.54, 1.807) is 25.3 Å². The first kappa shape index (κ1) is 17.6. The fraction of sp³-hybridized carbons (Fsp3) is 0.111. The fourth-order valence-electron chi connectivity index (χ4n) is 2.42. The molecule has 8 heteroatoms. The number of hydrogen-bond donors (Lipinski definition) is 5. The van der Waals surface area contributed by atoms with Crippen molar-refractivity contribution in [1.29, 1.82) is 0 Å². The summed E-state index contributed by atoms with van der Waals surface area (Å²) in [5, 5.41) is 2.69. The molecule has 0 radical (unpaired) electrons. The number of anilines is 2. The first-order chi connectivity index (χ1) is 12.7. The van der Waals surface area contributed by atoms with Crippen molar-refractivity contribution in [2.75, 3.05) is 17.3 Å². The van der Waals surface area contributed by atoms with E-state index >= 15 is 0 Å². The van der Waals surface area contributed by atoms with Crippen LogP contribution < -0.4 is 16.2 Å². The van der Waals surface area contributed by atoms with Crippen LogP contribution in [-0.4, -0.2) is 22.7 Å². The molecule has 1 heterocycles. The maximum absolute atomic E-state index is 11.7. The Kier molecular flexibility index (Phi) is 5.55. The number of amides is 1. The Morgan fingerprint density at radius 2 is 2.04 bits per heavy atom. The Labute approximate surface area is 155 Å². The van der Waals surface area contributed by atoms with E-state index in [2.05, 4.69) is 26.1 Å². The smallest absolute Gasteiger partial charge is 0.411 e. The Morgan fingerprint density at radius 1 is 1.23 bits per heavy atom.